The molecule has 180 valence electrons. The summed E-state index contributed by atoms with van der Waals surface area (Å²) >= 11 is 0. The number of ether oxygens (including phenoxy) is 2. The molecule has 0 aliphatic rings. The molecule has 3 aromatic carbocycles. The minimum Gasteiger partial charge on any atom is -0.497 e. The lowest BCUT2D eigenvalue weighted by Gasteiger charge is -2.31. The van der Waals surface area contributed by atoms with Crippen LogP contribution in [0.3, 0.4) is 0 Å². The van der Waals surface area contributed by atoms with Gasteiger partial charge in [0, 0.05) is 13.1 Å². The SMILES string of the molecule is C=CCC(C)C(c1ccccc1)S(=O)(=O)N(Cc1ccc(OC)cc1)Cc1ccc(OC)cc1. The van der Waals surface area contributed by atoms with Crippen molar-refractivity contribution in [2.24, 2.45) is 5.92 Å². The van der Waals surface area contributed by atoms with Gasteiger partial charge in [-0.15, -0.1) is 6.58 Å². The van der Waals surface area contributed by atoms with E-state index in [-0.39, 0.29) is 19.0 Å². The summed E-state index contributed by atoms with van der Waals surface area (Å²) < 4.78 is 40.6. The highest BCUT2D eigenvalue weighted by atomic mass is 32.2. The van der Waals surface area contributed by atoms with Gasteiger partial charge in [-0.2, -0.15) is 4.31 Å². The first-order valence-electron chi connectivity index (χ1n) is 11.3. The predicted molar refractivity (Wildman–Crippen MR) is 137 cm³/mol. The topological polar surface area (TPSA) is 55.8 Å². The van der Waals surface area contributed by atoms with E-state index in [1.807, 2.05) is 85.8 Å². The van der Waals surface area contributed by atoms with Gasteiger partial charge < -0.3 is 9.47 Å². The Kier molecular flexibility index (Phi) is 8.91. The van der Waals surface area contributed by atoms with E-state index in [1.54, 1.807) is 24.6 Å². The summed E-state index contributed by atoms with van der Waals surface area (Å²) in [6.45, 7) is 6.31. The summed E-state index contributed by atoms with van der Waals surface area (Å²) in [4.78, 5) is 0. The summed E-state index contributed by atoms with van der Waals surface area (Å²) in [6, 6.07) is 24.5. The van der Waals surface area contributed by atoms with Crippen LogP contribution in [-0.4, -0.2) is 26.9 Å². The lowest BCUT2D eigenvalue weighted by Crippen LogP contribution is -2.36. The smallest absolute Gasteiger partial charge is 0.222 e. The zero-order valence-corrected chi connectivity index (χ0v) is 20.9. The molecule has 3 rings (SSSR count). The van der Waals surface area contributed by atoms with Crippen molar-refractivity contribution in [3.05, 3.63) is 108 Å². The lowest BCUT2D eigenvalue weighted by atomic mass is 9.97. The van der Waals surface area contributed by atoms with Crippen molar-refractivity contribution in [2.75, 3.05) is 14.2 Å². The fraction of sp³-hybridized carbons (Fsp3) is 0.286. The molecule has 6 heteroatoms. The van der Waals surface area contributed by atoms with E-state index in [2.05, 4.69) is 6.58 Å². The van der Waals surface area contributed by atoms with Gasteiger partial charge in [0.05, 0.1) is 14.2 Å². The van der Waals surface area contributed by atoms with Crippen LogP contribution in [0.4, 0.5) is 0 Å². The highest BCUT2D eigenvalue weighted by Gasteiger charge is 2.37. The van der Waals surface area contributed by atoms with Crippen LogP contribution in [0, 0.1) is 5.92 Å². The number of hydrogen-bond donors (Lipinski definition) is 0. The maximum absolute atomic E-state index is 14.2. The Hall–Kier alpha value is -3.09. The van der Waals surface area contributed by atoms with Crippen LogP contribution in [-0.2, 0) is 23.1 Å². The van der Waals surface area contributed by atoms with Gasteiger partial charge in [0.25, 0.3) is 0 Å². The van der Waals surface area contributed by atoms with Gasteiger partial charge in [0.2, 0.25) is 10.0 Å². The van der Waals surface area contributed by atoms with Crippen LogP contribution in [0.2, 0.25) is 0 Å². The van der Waals surface area contributed by atoms with Gasteiger partial charge in [0.1, 0.15) is 16.7 Å². The molecule has 34 heavy (non-hydrogen) atoms. The average molecular weight is 480 g/mol. The molecule has 0 saturated carbocycles. The third kappa shape index (κ3) is 6.27. The monoisotopic (exact) mass is 479 g/mol. The number of nitrogens with zero attached hydrogens (tertiary/aromatic N) is 1. The van der Waals surface area contributed by atoms with E-state index in [0.29, 0.717) is 6.42 Å². The van der Waals surface area contributed by atoms with E-state index < -0.39 is 15.3 Å². The Morgan fingerprint density at radius 2 is 1.29 bits per heavy atom. The number of methoxy groups -OCH3 is 2. The third-order valence-corrected chi connectivity index (χ3v) is 8.26. The van der Waals surface area contributed by atoms with Gasteiger partial charge in [-0.1, -0.05) is 67.6 Å². The van der Waals surface area contributed by atoms with E-state index in [4.69, 9.17) is 9.47 Å². The Morgan fingerprint density at radius 3 is 1.71 bits per heavy atom. The first-order chi connectivity index (χ1) is 16.4. The van der Waals surface area contributed by atoms with Crippen LogP contribution >= 0.6 is 0 Å². The molecular formula is C28H33NO4S. The van der Waals surface area contributed by atoms with Gasteiger partial charge >= 0.3 is 0 Å². The fourth-order valence-corrected chi connectivity index (χ4v) is 6.27. The molecule has 3 aromatic rings. The fourth-order valence-electron chi connectivity index (χ4n) is 4.09. The third-order valence-electron chi connectivity index (χ3n) is 5.90. The quantitative estimate of drug-likeness (QED) is 0.300. The zero-order valence-electron chi connectivity index (χ0n) is 20.1. The minimum absolute atomic E-state index is 0.140. The number of rotatable bonds is 12. The van der Waals surface area contributed by atoms with Gasteiger partial charge in [-0.05, 0) is 53.3 Å². The molecule has 0 aliphatic carbocycles. The number of hydrogen-bond acceptors (Lipinski definition) is 4. The molecule has 0 spiro atoms. The number of sulfonamides is 1. The maximum Gasteiger partial charge on any atom is 0.222 e. The zero-order chi connectivity index (χ0) is 24.6. The van der Waals surface area contributed by atoms with Crippen LogP contribution < -0.4 is 9.47 Å². The van der Waals surface area contributed by atoms with Crippen LogP contribution in [0.15, 0.2) is 91.5 Å². The molecule has 5 nitrogen and oxygen atoms in total. The van der Waals surface area contributed by atoms with E-state index in [0.717, 1.165) is 28.2 Å². The van der Waals surface area contributed by atoms with Crippen molar-refractivity contribution in [2.45, 2.75) is 31.7 Å². The molecular weight excluding hydrogens is 446 g/mol. The standard InChI is InChI=1S/C28H33NO4S/c1-5-9-22(2)28(25-10-7-6-8-11-25)34(30,31)29(20-23-12-16-26(32-3)17-13-23)21-24-14-18-27(33-4)19-15-24/h5-8,10-19,22,28H,1,9,20-21H2,2-4H3. The second kappa shape index (κ2) is 11.9. The summed E-state index contributed by atoms with van der Waals surface area (Å²) in [7, 11) is -0.518. The van der Waals surface area contributed by atoms with Crippen LogP contribution in [0.25, 0.3) is 0 Å². The minimum atomic E-state index is -3.74. The molecule has 0 bridgehead atoms. The maximum atomic E-state index is 14.2. The molecule has 0 N–H and O–H groups in total. The molecule has 2 unspecified atom stereocenters. The molecule has 0 amide bonds. The van der Waals surface area contributed by atoms with Crippen molar-refractivity contribution in [3.63, 3.8) is 0 Å². The average Bonchev–Trinajstić information content (AvgIpc) is 2.85. The van der Waals surface area contributed by atoms with E-state index >= 15 is 0 Å². The Bertz CT molecular complexity index is 1090. The molecule has 2 atom stereocenters. The van der Waals surface area contributed by atoms with Crippen molar-refractivity contribution in [3.8, 4) is 11.5 Å². The van der Waals surface area contributed by atoms with Crippen molar-refractivity contribution in [1.29, 1.82) is 0 Å². The van der Waals surface area contributed by atoms with Crippen LogP contribution in [0.5, 0.6) is 11.5 Å². The molecule has 0 aliphatic heterocycles. The van der Waals surface area contributed by atoms with Crippen LogP contribution in [0.1, 0.15) is 35.3 Å². The molecule has 0 saturated heterocycles. The molecule has 0 radical (unpaired) electrons. The van der Waals surface area contributed by atoms with Crippen molar-refractivity contribution < 1.29 is 17.9 Å². The Labute approximate surface area is 203 Å². The predicted octanol–water partition coefficient (Wildman–Crippen LogP) is 5.99. The molecule has 0 heterocycles. The summed E-state index contributed by atoms with van der Waals surface area (Å²) in [5, 5.41) is -0.691. The first kappa shape index (κ1) is 25.5. The Morgan fingerprint density at radius 1 is 0.824 bits per heavy atom. The van der Waals surface area contributed by atoms with Gasteiger partial charge in [-0.25, -0.2) is 8.42 Å². The second-order valence-corrected chi connectivity index (χ2v) is 10.4. The molecule has 0 aromatic heterocycles. The van der Waals surface area contributed by atoms with Crippen molar-refractivity contribution >= 4 is 10.0 Å². The largest absolute Gasteiger partial charge is 0.497 e. The van der Waals surface area contributed by atoms with Gasteiger partial charge in [0.15, 0.2) is 0 Å². The first-order valence-corrected chi connectivity index (χ1v) is 12.8. The van der Waals surface area contributed by atoms with Crippen molar-refractivity contribution in [1.82, 2.24) is 4.31 Å². The van der Waals surface area contributed by atoms with E-state index in [9.17, 15) is 8.42 Å². The highest BCUT2D eigenvalue weighted by Crippen LogP contribution is 2.36. The number of benzene rings is 3. The summed E-state index contributed by atoms with van der Waals surface area (Å²) in [5.41, 5.74) is 2.56. The summed E-state index contributed by atoms with van der Waals surface area (Å²) in [6.07, 6.45) is 2.38. The molecule has 0 fully saturated rings. The lowest BCUT2D eigenvalue weighted by molar-refractivity contribution is 0.379. The van der Waals surface area contributed by atoms with E-state index in [1.165, 1.54) is 0 Å². The summed E-state index contributed by atoms with van der Waals surface area (Å²) in [5.74, 6) is 1.32. The van der Waals surface area contributed by atoms with Gasteiger partial charge in [-0.3, -0.25) is 0 Å². The normalized spacial score (nSPS) is 13.3. The second-order valence-electron chi connectivity index (χ2n) is 8.34. The number of allylic oxidation sites excluding steroid dienone is 1. The Balaban J connectivity index is 2.03. The highest BCUT2D eigenvalue weighted by molar-refractivity contribution is 7.89.